The number of rotatable bonds is 11. The van der Waals surface area contributed by atoms with Gasteiger partial charge in [0.25, 0.3) is 0 Å². The van der Waals surface area contributed by atoms with E-state index in [0.717, 1.165) is 45.9 Å². The Morgan fingerprint density at radius 3 is 1.41 bits per heavy atom. The highest BCUT2D eigenvalue weighted by Crippen LogP contribution is 2.47. The molecular weight excluding hydrogens is 437 g/mol. The molecule has 130 valence electrons. The minimum atomic E-state index is -0.00132. The first-order chi connectivity index (χ1) is 10.6. The summed E-state index contributed by atoms with van der Waals surface area (Å²) in [5.41, 5.74) is 0. The molecule has 0 unspecified atom stereocenters. The normalized spacial score (nSPS) is 10.5. The Morgan fingerprint density at radius 2 is 1.14 bits per heavy atom. The van der Waals surface area contributed by atoms with E-state index in [4.69, 9.17) is 0 Å². The second-order valence-corrected chi connectivity index (χ2v) is 12.9. The van der Waals surface area contributed by atoms with Crippen molar-refractivity contribution in [3.63, 3.8) is 0 Å². The molecule has 0 saturated carbocycles. The second-order valence-electron chi connectivity index (χ2n) is 3.38. The van der Waals surface area contributed by atoms with E-state index >= 15 is 0 Å². The van der Waals surface area contributed by atoms with Crippen molar-refractivity contribution in [2.24, 2.45) is 0 Å². The van der Waals surface area contributed by atoms with Gasteiger partial charge in [0.2, 0.25) is 0 Å². The lowest BCUT2D eigenvalue weighted by atomic mass is 10.6. The van der Waals surface area contributed by atoms with Gasteiger partial charge in [0.1, 0.15) is 0 Å². The summed E-state index contributed by atoms with van der Waals surface area (Å²) in [6.45, 7) is 4.17. The van der Waals surface area contributed by atoms with Crippen molar-refractivity contribution in [1.29, 1.82) is 0 Å². The fourth-order valence-corrected chi connectivity index (χ4v) is 9.43. The zero-order valence-corrected chi connectivity index (χ0v) is 19.3. The van der Waals surface area contributed by atoms with Gasteiger partial charge < -0.3 is 0 Å². The van der Waals surface area contributed by atoms with Crippen LogP contribution < -0.4 is 0 Å². The first-order valence-corrected chi connectivity index (χ1v) is 15.4. The predicted molar refractivity (Wildman–Crippen MR) is 117 cm³/mol. The molecule has 0 aromatic carbocycles. The topological polar surface area (TPSA) is 40.6 Å². The Labute approximate surface area is 166 Å². The highest BCUT2D eigenvalue weighted by Gasteiger charge is 2.17. The summed E-state index contributed by atoms with van der Waals surface area (Å²) in [5, 5.41) is -0.00263. The fourth-order valence-electron chi connectivity index (χ4n) is 0.855. The zero-order valence-electron chi connectivity index (χ0n) is 12.8. The predicted octanol–water partition coefficient (Wildman–Crippen LogP) is 7.18. The standard InChI is InChI=1S/C10H20N2O2S8/c1-5-7-17-11(15-3)9(13)19-21-22-20-10(14)12(16-4)18-8-6-2/h5-8H2,1-4H3. The number of amides is 2. The van der Waals surface area contributed by atoms with Crippen LogP contribution in [0.15, 0.2) is 0 Å². The molecule has 0 spiro atoms. The monoisotopic (exact) mass is 456 g/mol. The Bertz CT molecular complexity index is 293. The molecule has 0 aliphatic heterocycles. The molecule has 0 aliphatic rings. The number of carbonyl (C=O) groups is 2. The van der Waals surface area contributed by atoms with Crippen LogP contribution in [0.3, 0.4) is 0 Å². The molecule has 0 atom stereocenters. The Balaban J connectivity index is 3.94. The molecule has 0 aliphatic carbocycles. The molecule has 0 heterocycles. The average Bonchev–Trinajstić information content (AvgIpc) is 2.53. The van der Waals surface area contributed by atoms with E-state index in [1.54, 1.807) is 7.42 Å². The van der Waals surface area contributed by atoms with Gasteiger partial charge >= 0.3 is 10.5 Å². The summed E-state index contributed by atoms with van der Waals surface area (Å²) in [7, 11) is 4.98. The third-order valence-electron chi connectivity index (χ3n) is 1.69. The first-order valence-electron chi connectivity index (χ1n) is 6.30. The highest BCUT2D eigenvalue weighted by atomic mass is 33.7. The molecule has 0 radical (unpaired) electrons. The van der Waals surface area contributed by atoms with Gasteiger partial charge in [0, 0.05) is 45.6 Å². The highest BCUT2D eigenvalue weighted by molar-refractivity contribution is 9.29. The van der Waals surface area contributed by atoms with E-state index in [-0.39, 0.29) is 10.5 Å². The SMILES string of the molecule is CCCSN(SC)C(=O)SSSSC(=O)N(SC)SCCC. The molecule has 12 heteroatoms. The van der Waals surface area contributed by atoms with Gasteiger partial charge in [0.15, 0.2) is 0 Å². The van der Waals surface area contributed by atoms with E-state index in [0.29, 0.717) is 0 Å². The van der Waals surface area contributed by atoms with Gasteiger partial charge in [-0.2, -0.15) is 0 Å². The molecule has 2 amide bonds. The molecule has 4 nitrogen and oxygen atoms in total. The fraction of sp³-hybridized carbons (Fsp3) is 0.800. The Hall–Kier alpha value is 1.74. The maximum Gasteiger partial charge on any atom is 0.313 e. The van der Waals surface area contributed by atoms with Crippen LogP contribution in [-0.4, -0.2) is 41.9 Å². The minimum absolute atomic E-state index is 0.00132. The lowest BCUT2D eigenvalue weighted by Gasteiger charge is -2.17. The summed E-state index contributed by atoms with van der Waals surface area (Å²) in [5.74, 6) is 1.85. The molecule has 0 rings (SSSR count). The third kappa shape index (κ3) is 11.3. The number of carbonyl (C=O) groups excluding carboxylic acids is 2. The molecule has 0 bridgehead atoms. The first kappa shape index (κ1) is 23.7. The van der Waals surface area contributed by atoms with Gasteiger partial charge in [-0.1, -0.05) is 13.8 Å². The molecule has 0 aromatic heterocycles. The summed E-state index contributed by atoms with van der Waals surface area (Å²) in [6.07, 6.45) is 5.84. The smallest absolute Gasteiger partial charge is 0.259 e. The summed E-state index contributed by atoms with van der Waals surface area (Å²) in [4.78, 5) is 23.9. The van der Waals surface area contributed by atoms with Crippen molar-refractivity contribution in [3.8, 4) is 0 Å². The zero-order chi connectivity index (χ0) is 16.8. The number of hydrogen-bond acceptors (Lipinski definition) is 10. The van der Waals surface area contributed by atoms with Crippen molar-refractivity contribution in [2.45, 2.75) is 26.7 Å². The Morgan fingerprint density at radius 1 is 0.773 bits per heavy atom. The molecule has 0 saturated heterocycles. The van der Waals surface area contributed by atoms with E-state index < -0.39 is 0 Å². The molecule has 0 fully saturated rings. The summed E-state index contributed by atoms with van der Waals surface area (Å²) in [6, 6.07) is 0. The third-order valence-corrected chi connectivity index (χ3v) is 12.2. The van der Waals surface area contributed by atoms with Gasteiger partial charge in [-0.05, 0) is 80.3 Å². The van der Waals surface area contributed by atoms with Crippen LogP contribution in [0.4, 0.5) is 9.59 Å². The van der Waals surface area contributed by atoms with Crippen LogP contribution in [0.25, 0.3) is 0 Å². The number of nitrogens with zero attached hydrogens (tertiary/aromatic N) is 2. The number of hydrogen-bond donors (Lipinski definition) is 0. The van der Waals surface area contributed by atoms with Crippen molar-refractivity contribution in [2.75, 3.05) is 24.0 Å². The van der Waals surface area contributed by atoms with E-state index in [1.807, 2.05) is 12.5 Å². The van der Waals surface area contributed by atoms with E-state index in [9.17, 15) is 9.59 Å². The van der Waals surface area contributed by atoms with Crippen LogP contribution in [0.1, 0.15) is 26.7 Å². The lowest BCUT2D eigenvalue weighted by Crippen LogP contribution is -2.11. The molecule has 22 heavy (non-hydrogen) atoms. The lowest BCUT2D eigenvalue weighted by molar-refractivity contribution is 0.258. The van der Waals surface area contributed by atoms with E-state index in [2.05, 4.69) is 13.8 Å². The van der Waals surface area contributed by atoms with Gasteiger partial charge in [-0.25, -0.2) is 7.42 Å². The van der Waals surface area contributed by atoms with E-state index in [1.165, 1.54) is 67.4 Å². The molecule has 0 N–H and O–H groups in total. The van der Waals surface area contributed by atoms with Crippen molar-refractivity contribution >= 4 is 99.5 Å². The van der Waals surface area contributed by atoms with Crippen molar-refractivity contribution < 1.29 is 9.59 Å². The van der Waals surface area contributed by atoms with Crippen LogP contribution >= 0.6 is 89.0 Å². The second kappa shape index (κ2) is 16.2. The van der Waals surface area contributed by atoms with Crippen LogP contribution in [0.2, 0.25) is 0 Å². The summed E-state index contributed by atoms with van der Waals surface area (Å²) < 4.78 is 3.36. The van der Waals surface area contributed by atoms with Gasteiger partial charge in [-0.3, -0.25) is 9.59 Å². The van der Waals surface area contributed by atoms with Gasteiger partial charge in [-0.15, -0.1) is 0 Å². The van der Waals surface area contributed by atoms with Gasteiger partial charge in [0.05, 0.1) is 0 Å². The minimum Gasteiger partial charge on any atom is -0.259 e. The van der Waals surface area contributed by atoms with Crippen LogP contribution in [-0.2, 0) is 0 Å². The molecule has 0 aromatic rings. The Kier molecular flexibility index (Phi) is 17.5. The average molecular weight is 457 g/mol. The summed E-state index contributed by atoms with van der Waals surface area (Å²) >= 11 is 5.88. The van der Waals surface area contributed by atoms with Crippen molar-refractivity contribution in [1.82, 2.24) is 7.42 Å². The van der Waals surface area contributed by atoms with Crippen LogP contribution in [0.5, 0.6) is 0 Å². The maximum atomic E-state index is 12.0. The quantitative estimate of drug-likeness (QED) is 0.181. The van der Waals surface area contributed by atoms with Crippen LogP contribution in [0, 0.1) is 0 Å². The maximum absolute atomic E-state index is 12.0. The largest absolute Gasteiger partial charge is 0.313 e. The molecular formula is C10H20N2O2S8. The van der Waals surface area contributed by atoms with Crippen molar-refractivity contribution in [3.05, 3.63) is 0 Å².